The zero-order chi connectivity index (χ0) is 11.9. The van der Waals surface area contributed by atoms with Crippen LogP contribution >= 0.6 is 0 Å². The molecule has 0 radical (unpaired) electrons. The largest absolute Gasteiger partial charge is 0.443 e. The van der Waals surface area contributed by atoms with Crippen LogP contribution in [0.4, 0.5) is 4.79 Å². The molecule has 0 unspecified atom stereocenters. The van der Waals surface area contributed by atoms with Crippen molar-refractivity contribution in [3.63, 3.8) is 0 Å². The van der Waals surface area contributed by atoms with E-state index in [0.717, 1.165) is 12.8 Å². The first kappa shape index (κ1) is 13.9. The maximum absolute atomic E-state index is 11.2. The van der Waals surface area contributed by atoms with Crippen LogP contribution in [0.1, 0.15) is 47.5 Å². The first-order chi connectivity index (χ1) is 6.89. The van der Waals surface area contributed by atoms with E-state index in [-0.39, 0.29) is 0 Å². The highest BCUT2D eigenvalue weighted by atomic mass is 16.6. The minimum Gasteiger partial charge on any atom is -0.443 e. The molecule has 4 nitrogen and oxygen atoms in total. The van der Waals surface area contributed by atoms with Crippen molar-refractivity contribution in [2.45, 2.75) is 53.1 Å². The fourth-order valence-corrected chi connectivity index (χ4v) is 0.996. The number of hydrogen-bond donors (Lipinski definition) is 1. The van der Waals surface area contributed by atoms with Gasteiger partial charge < -0.3 is 4.74 Å². The van der Waals surface area contributed by atoms with E-state index in [4.69, 9.17) is 4.74 Å². The number of hydrogen-bond acceptors (Lipinski definition) is 3. The number of carbonyl (C=O) groups is 1. The molecule has 0 atom stereocenters. The predicted molar refractivity (Wildman–Crippen MR) is 61.9 cm³/mol. The van der Waals surface area contributed by atoms with Crippen molar-refractivity contribution in [2.75, 3.05) is 0 Å². The Balaban J connectivity index is 3.90. The molecular weight excluding hydrogens is 192 g/mol. The molecule has 0 saturated heterocycles. The van der Waals surface area contributed by atoms with Crippen LogP contribution in [0.2, 0.25) is 0 Å². The summed E-state index contributed by atoms with van der Waals surface area (Å²) in [4.78, 5) is 11.2. The van der Waals surface area contributed by atoms with Crippen molar-refractivity contribution in [3.05, 3.63) is 0 Å². The molecular formula is C11H22N2O2. The summed E-state index contributed by atoms with van der Waals surface area (Å²) >= 11 is 0. The topological polar surface area (TPSA) is 50.7 Å². The Kier molecular flexibility index (Phi) is 5.97. The van der Waals surface area contributed by atoms with Gasteiger partial charge in [-0.25, -0.2) is 10.2 Å². The second-order valence-electron chi connectivity index (χ2n) is 4.47. The Morgan fingerprint density at radius 1 is 1.40 bits per heavy atom. The second-order valence-corrected chi connectivity index (χ2v) is 4.47. The molecule has 0 saturated carbocycles. The van der Waals surface area contributed by atoms with E-state index in [1.54, 1.807) is 6.21 Å². The van der Waals surface area contributed by atoms with Crippen LogP contribution in [0.5, 0.6) is 0 Å². The number of nitrogens with zero attached hydrogens (tertiary/aromatic N) is 1. The molecule has 0 heterocycles. The lowest BCUT2D eigenvalue weighted by Crippen LogP contribution is -2.30. The molecule has 4 heteroatoms. The van der Waals surface area contributed by atoms with E-state index < -0.39 is 11.7 Å². The first-order valence-electron chi connectivity index (χ1n) is 5.41. The van der Waals surface area contributed by atoms with Crippen molar-refractivity contribution in [2.24, 2.45) is 11.0 Å². The average Bonchev–Trinajstić information content (AvgIpc) is 2.09. The quantitative estimate of drug-likeness (QED) is 0.578. The Morgan fingerprint density at radius 3 is 2.33 bits per heavy atom. The second kappa shape index (κ2) is 6.43. The third-order valence-electron chi connectivity index (χ3n) is 1.89. The lowest BCUT2D eigenvalue weighted by molar-refractivity contribution is 0.0529. The lowest BCUT2D eigenvalue weighted by Gasteiger charge is -2.18. The van der Waals surface area contributed by atoms with Crippen LogP contribution in [0.15, 0.2) is 5.10 Å². The maximum Gasteiger partial charge on any atom is 0.428 e. The lowest BCUT2D eigenvalue weighted by atomic mass is 10.1. The average molecular weight is 214 g/mol. The van der Waals surface area contributed by atoms with E-state index >= 15 is 0 Å². The van der Waals surface area contributed by atoms with Gasteiger partial charge >= 0.3 is 6.09 Å². The van der Waals surface area contributed by atoms with Gasteiger partial charge in [-0.2, -0.15) is 5.10 Å². The Morgan fingerprint density at radius 2 is 1.93 bits per heavy atom. The number of ether oxygens (including phenoxy) is 1. The van der Waals surface area contributed by atoms with Crippen LogP contribution in [0, 0.1) is 5.92 Å². The fraction of sp³-hybridized carbons (Fsp3) is 0.818. The number of hydrazone groups is 1. The van der Waals surface area contributed by atoms with Gasteiger partial charge in [-0.1, -0.05) is 13.8 Å². The third-order valence-corrected chi connectivity index (χ3v) is 1.89. The summed E-state index contributed by atoms with van der Waals surface area (Å²) in [6, 6.07) is 0. The van der Waals surface area contributed by atoms with E-state index in [1.807, 2.05) is 20.8 Å². The van der Waals surface area contributed by atoms with Crippen molar-refractivity contribution >= 4 is 12.3 Å². The smallest absolute Gasteiger partial charge is 0.428 e. The minimum absolute atomic E-state index is 0.417. The first-order valence-corrected chi connectivity index (χ1v) is 5.41. The summed E-state index contributed by atoms with van der Waals surface area (Å²) in [5.41, 5.74) is 1.87. The highest BCUT2D eigenvalue weighted by Gasteiger charge is 2.15. The van der Waals surface area contributed by atoms with Gasteiger partial charge in [-0.05, 0) is 39.5 Å². The molecule has 88 valence electrons. The Hall–Kier alpha value is -1.06. The predicted octanol–water partition coefficient (Wildman–Crippen LogP) is 2.93. The number of nitrogens with one attached hydrogen (secondary N) is 1. The molecule has 0 rings (SSSR count). The molecule has 1 amide bonds. The van der Waals surface area contributed by atoms with E-state index in [9.17, 15) is 4.79 Å². The monoisotopic (exact) mass is 214 g/mol. The van der Waals surface area contributed by atoms with Gasteiger partial charge in [0.25, 0.3) is 0 Å². The summed E-state index contributed by atoms with van der Waals surface area (Å²) in [6.45, 7) is 9.63. The highest BCUT2D eigenvalue weighted by molar-refractivity contribution is 5.70. The van der Waals surface area contributed by atoms with Crippen molar-refractivity contribution in [1.29, 1.82) is 0 Å². The maximum atomic E-state index is 11.2. The molecule has 0 bridgehead atoms. The van der Waals surface area contributed by atoms with Gasteiger partial charge in [0.2, 0.25) is 0 Å². The van der Waals surface area contributed by atoms with Crippen LogP contribution in [-0.4, -0.2) is 17.9 Å². The summed E-state index contributed by atoms with van der Waals surface area (Å²) < 4.78 is 5.02. The van der Waals surface area contributed by atoms with Gasteiger partial charge in [-0.15, -0.1) is 0 Å². The molecule has 0 aromatic heterocycles. The van der Waals surface area contributed by atoms with Gasteiger partial charge in [0.05, 0.1) is 0 Å². The molecule has 0 aliphatic carbocycles. The summed E-state index contributed by atoms with van der Waals surface area (Å²) in [7, 11) is 0. The van der Waals surface area contributed by atoms with Crippen LogP contribution in [0.3, 0.4) is 0 Å². The van der Waals surface area contributed by atoms with E-state index in [0.29, 0.717) is 5.92 Å². The zero-order valence-corrected chi connectivity index (χ0v) is 10.3. The standard InChI is InChI=1S/C11H22N2O2/c1-6-9(7-2)8-12-13-10(14)15-11(3,4)5/h8-9H,6-7H2,1-5H3,(H,13,14)/b12-8+. The number of amides is 1. The molecule has 1 N–H and O–H groups in total. The van der Waals surface area contributed by atoms with E-state index in [1.165, 1.54) is 0 Å². The number of rotatable bonds is 4. The summed E-state index contributed by atoms with van der Waals surface area (Å²) in [5, 5.41) is 3.85. The van der Waals surface area contributed by atoms with Crippen molar-refractivity contribution in [3.8, 4) is 0 Å². The normalized spacial score (nSPS) is 12.1. The van der Waals surface area contributed by atoms with Gasteiger partial charge in [0.1, 0.15) is 5.60 Å². The molecule has 0 aliphatic heterocycles. The summed E-state index contributed by atoms with van der Waals surface area (Å²) in [6.07, 6.45) is 3.29. The zero-order valence-electron chi connectivity index (χ0n) is 10.3. The van der Waals surface area contributed by atoms with Gasteiger partial charge in [-0.3, -0.25) is 0 Å². The molecule has 0 spiro atoms. The molecule has 0 aromatic rings. The molecule has 15 heavy (non-hydrogen) atoms. The highest BCUT2D eigenvalue weighted by Crippen LogP contribution is 2.06. The number of carbonyl (C=O) groups excluding carboxylic acids is 1. The Bertz CT molecular complexity index is 215. The SMILES string of the molecule is CCC(/C=N/NC(=O)OC(C)(C)C)CC. The van der Waals surface area contributed by atoms with Crippen LogP contribution < -0.4 is 5.43 Å². The Labute approximate surface area is 92.1 Å². The van der Waals surface area contributed by atoms with Crippen LogP contribution in [0.25, 0.3) is 0 Å². The van der Waals surface area contributed by atoms with Gasteiger partial charge in [0, 0.05) is 6.21 Å². The van der Waals surface area contributed by atoms with Gasteiger partial charge in [0.15, 0.2) is 0 Å². The fourth-order valence-electron chi connectivity index (χ4n) is 0.996. The minimum atomic E-state index is -0.510. The van der Waals surface area contributed by atoms with E-state index in [2.05, 4.69) is 24.4 Å². The van der Waals surface area contributed by atoms with Crippen LogP contribution in [-0.2, 0) is 4.74 Å². The molecule has 0 aliphatic rings. The molecule has 0 fully saturated rings. The van der Waals surface area contributed by atoms with Crippen molar-refractivity contribution < 1.29 is 9.53 Å². The molecule has 0 aromatic carbocycles. The van der Waals surface area contributed by atoms with Crippen molar-refractivity contribution in [1.82, 2.24) is 5.43 Å². The summed E-state index contributed by atoms with van der Waals surface area (Å²) in [5.74, 6) is 0.417. The third kappa shape index (κ3) is 7.97.